The Hall–Kier alpha value is -0.450. The largest absolute Gasteiger partial charge is 0.293 e. The molecule has 0 fully saturated rings. The molecule has 0 aromatic carbocycles. The third-order valence-electron chi connectivity index (χ3n) is 1.76. The van der Waals surface area contributed by atoms with Crippen LogP contribution in [0.2, 0.25) is 0 Å². The molecule has 0 N–H and O–H groups in total. The highest BCUT2D eigenvalue weighted by molar-refractivity contribution is 9.11. The van der Waals surface area contributed by atoms with Crippen molar-refractivity contribution in [1.29, 1.82) is 0 Å². The molecule has 0 spiro atoms. The number of halogens is 1. The van der Waals surface area contributed by atoms with E-state index in [-0.39, 0.29) is 5.78 Å². The van der Waals surface area contributed by atoms with Crippen LogP contribution in [0.4, 0.5) is 0 Å². The van der Waals surface area contributed by atoms with Crippen molar-refractivity contribution in [1.82, 2.24) is 0 Å². The fourth-order valence-electron chi connectivity index (χ4n) is 1.12. The Balaban J connectivity index is 2.10. The van der Waals surface area contributed by atoms with Gasteiger partial charge in [-0.25, -0.2) is 0 Å². The summed E-state index contributed by atoms with van der Waals surface area (Å²) in [4.78, 5) is 13.7. The second-order valence-electron chi connectivity index (χ2n) is 2.78. The number of Topliss-reactive ketones (excluding diaryl/α,β-unsaturated/α-hetero) is 1. The average molecular weight is 287 g/mol. The van der Waals surface area contributed by atoms with E-state index in [0.717, 1.165) is 13.5 Å². The summed E-state index contributed by atoms with van der Waals surface area (Å²) in [6.07, 6.45) is 0.518. The number of rotatable bonds is 3. The normalized spacial score (nSPS) is 10.4. The molecule has 0 atom stereocenters. The van der Waals surface area contributed by atoms with Crippen molar-refractivity contribution in [3.8, 4) is 0 Å². The molecular formula is C10H7BrOS2. The van der Waals surface area contributed by atoms with E-state index in [2.05, 4.69) is 15.9 Å². The maximum atomic E-state index is 11.7. The highest BCUT2D eigenvalue weighted by atomic mass is 79.9. The molecule has 1 nitrogen and oxygen atoms in total. The maximum absolute atomic E-state index is 11.7. The maximum Gasteiger partial charge on any atom is 0.178 e. The van der Waals surface area contributed by atoms with E-state index in [1.165, 1.54) is 11.3 Å². The molecule has 2 heterocycles. The van der Waals surface area contributed by atoms with Crippen LogP contribution >= 0.6 is 38.6 Å². The molecule has 0 unspecified atom stereocenters. The van der Waals surface area contributed by atoms with Crippen LogP contribution in [0.3, 0.4) is 0 Å². The summed E-state index contributed by atoms with van der Waals surface area (Å²) in [7, 11) is 0. The Kier molecular flexibility index (Phi) is 3.15. The standard InChI is InChI=1S/C10H7BrOS2/c11-10-4-3-9(14-10)8(12)6-7-2-1-5-13-7/h1-5H,6H2. The smallest absolute Gasteiger partial charge is 0.178 e. The molecule has 14 heavy (non-hydrogen) atoms. The summed E-state index contributed by atoms with van der Waals surface area (Å²) in [6, 6.07) is 7.74. The number of hydrogen-bond donors (Lipinski definition) is 0. The van der Waals surface area contributed by atoms with Gasteiger partial charge in [0.15, 0.2) is 5.78 Å². The molecule has 0 aliphatic rings. The molecule has 4 heteroatoms. The quantitative estimate of drug-likeness (QED) is 0.780. The lowest BCUT2D eigenvalue weighted by Crippen LogP contribution is -1.98. The van der Waals surface area contributed by atoms with E-state index in [4.69, 9.17) is 0 Å². The fourth-order valence-corrected chi connectivity index (χ4v) is 3.15. The van der Waals surface area contributed by atoms with Gasteiger partial charge in [-0.05, 0) is 39.5 Å². The molecule has 72 valence electrons. The molecule has 2 aromatic rings. The van der Waals surface area contributed by atoms with Gasteiger partial charge in [0.2, 0.25) is 0 Å². The molecule has 0 aliphatic heterocycles. The van der Waals surface area contributed by atoms with Crippen LogP contribution in [0.5, 0.6) is 0 Å². The number of hydrogen-bond acceptors (Lipinski definition) is 3. The van der Waals surface area contributed by atoms with Gasteiger partial charge in [-0.1, -0.05) is 6.07 Å². The molecule has 0 saturated carbocycles. The van der Waals surface area contributed by atoms with E-state index in [9.17, 15) is 4.79 Å². The molecule has 2 aromatic heterocycles. The van der Waals surface area contributed by atoms with Crippen molar-refractivity contribution >= 4 is 44.4 Å². The Morgan fingerprint density at radius 2 is 2.21 bits per heavy atom. The lowest BCUT2D eigenvalue weighted by Gasteiger charge is -1.93. The van der Waals surface area contributed by atoms with Crippen molar-refractivity contribution in [2.75, 3.05) is 0 Å². The van der Waals surface area contributed by atoms with Crippen LogP contribution in [-0.2, 0) is 6.42 Å². The number of carbonyl (C=O) groups excluding carboxylic acids is 1. The minimum atomic E-state index is 0.197. The van der Waals surface area contributed by atoms with Gasteiger partial charge in [0.25, 0.3) is 0 Å². The first-order valence-corrected chi connectivity index (χ1v) is 6.55. The first kappa shape index (κ1) is 10.1. The topological polar surface area (TPSA) is 17.1 Å². The van der Waals surface area contributed by atoms with Gasteiger partial charge in [-0.3, -0.25) is 4.79 Å². The Morgan fingerprint density at radius 3 is 2.79 bits per heavy atom. The Labute approximate surface area is 98.5 Å². The second kappa shape index (κ2) is 4.38. The van der Waals surface area contributed by atoms with Crippen molar-refractivity contribution in [3.63, 3.8) is 0 Å². The van der Waals surface area contributed by atoms with Gasteiger partial charge in [-0.15, -0.1) is 22.7 Å². The average Bonchev–Trinajstić information content (AvgIpc) is 2.75. The third-order valence-corrected chi connectivity index (χ3v) is 4.30. The fraction of sp³-hybridized carbons (Fsp3) is 0.100. The van der Waals surface area contributed by atoms with Crippen molar-refractivity contribution in [3.05, 3.63) is 43.2 Å². The molecular weight excluding hydrogens is 280 g/mol. The van der Waals surface area contributed by atoms with Crippen LogP contribution in [0.15, 0.2) is 33.4 Å². The zero-order valence-electron chi connectivity index (χ0n) is 7.20. The predicted octanol–water partition coefficient (Wildman–Crippen LogP) is 4.00. The SMILES string of the molecule is O=C(Cc1cccs1)c1ccc(Br)s1. The molecule has 0 aliphatic carbocycles. The third kappa shape index (κ3) is 2.32. The molecule has 2 rings (SSSR count). The highest BCUT2D eigenvalue weighted by Gasteiger charge is 2.09. The second-order valence-corrected chi connectivity index (χ2v) is 6.28. The zero-order chi connectivity index (χ0) is 9.97. The molecule has 0 saturated heterocycles. The number of thiophene rings is 2. The van der Waals surface area contributed by atoms with E-state index in [0.29, 0.717) is 6.42 Å². The summed E-state index contributed by atoms with van der Waals surface area (Å²) >= 11 is 6.46. The Morgan fingerprint density at radius 1 is 1.36 bits per heavy atom. The van der Waals surface area contributed by atoms with Gasteiger partial charge in [0.05, 0.1) is 8.66 Å². The first-order valence-electron chi connectivity index (χ1n) is 4.06. The van der Waals surface area contributed by atoms with E-state index >= 15 is 0 Å². The summed E-state index contributed by atoms with van der Waals surface area (Å²) in [5, 5.41) is 1.99. The molecule has 0 amide bonds. The van der Waals surface area contributed by atoms with Crippen LogP contribution in [0.1, 0.15) is 14.5 Å². The zero-order valence-corrected chi connectivity index (χ0v) is 10.4. The van der Waals surface area contributed by atoms with Gasteiger partial charge in [0, 0.05) is 11.3 Å². The first-order chi connectivity index (χ1) is 6.75. The summed E-state index contributed by atoms with van der Waals surface area (Å²) in [5.74, 6) is 0.197. The van der Waals surface area contributed by atoms with E-state index < -0.39 is 0 Å². The van der Waals surface area contributed by atoms with E-state index in [1.807, 2.05) is 29.6 Å². The number of ketones is 1. The van der Waals surface area contributed by atoms with Gasteiger partial charge >= 0.3 is 0 Å². The summed E-state index contributed by atoms with van der Waals surface area (Å²) < 4.78 is 1.01. The van der Waals surface area contributed by atoms with Crippen molar-refractivity contribution in [2.24, 2.45) is 0 Å². The number of carbonyl (C=O) groups is 1. The molecule has 0 bridgehead atoms. The van der Waals surface area contributed by atoms with Crippen LogP contribution in [-0.4, -0.2) is 5.78 Å². The van der Waals surface area contributed by atoms with Gasteiger partial charge < -0.3 is 0 Å². The summed E-state index contributed by atoms with van der Waals surface area (Å²) in [6.45, 7) is 0. The monoisotopic (exact) mass is 286 g/mol. The van der Waals surface area contributed by atoms with Crippen molar-refractivity contribution < 1.29 is 4.79 Å². The van der Waals surface area contributed by atoms with Crippen molar-refractivity contribution in [2.45, 2.75) is 6.42 Å². The summed E-state index contributed by atoms with van der Waals surface area (Å²) in [5.41, 5.74) is 0. The predicted molar refractivity (Wildman–Crippen MR) is 64.4 cm³/mol. The minimum absolute atomic E-state index is 0.197. The lowest BCUT2D eigenvalue weighted by atomic mass is 10.2. The molecule has 0 radical (unpaired) electrons. The van der Waals surface area contributed by atoms with Gasteiger partial charge in [0.1, 0.15) is 0 Å². The highest BCUT2D eigenvalue weighted by Crippen LogP contribution is 2.23. The lowest BCUT2D eigenvalue weighted by molar-refractivity contribution is 0.0997. The van der Waals surface area contributed by atoms with Crippen LogP contribution in [0.25, 0.3) is 0 Å². The van der Waals surface area contributed by atoms with Gasteiger partial charge in [-0.2, -0.15) is 0 Å². The van der Waals surface area contributed by atoms with E-state index in [1.54, 1.807) is 11.3 Å². The Bertz CT molecular complexity index is 431. The van der Waals surface area contributed by atoms with Crippen LogP contribution < -0.4 is 0 Å². The minimum Gasteiger partial charge on any atom is -0.293 e. The van der Waals surface area contributed by atoms with Crippen LogP contribution in [0, 0.1) is 0 Å².